The average Bonchev–Trinajstić information content (AvgIpc) is 2.39. The number of carboxylic acid groups (broad SMARTS) is 1. The van der Waals surface area contributed by atoms with Crippen molar-refractivity contribution in [2.75, 3.05) is 13.1 Å². The Bertz CT molecular complexity index is 588. The van der Waals surface area contributed by atoms with Crippen LogP contribution in [0, 0.1) is 22.9 Å². The molecule has 8 heteroatoms. The molecule has 0 aliphatic carbocycles. The predicted octanol–water partition coefficient (Wildman–Crippen LogP) is 1.98. The minimum Gasteiger partial charge on any atom is -0.480 e. The second kappa shape index (κ2) is 6.78. The third kappa shape index (κ3) is 3.98. The van der Waals surface area contributed by atoms with Crippen LogP contribution in [0.2, 0.25) is 0 Å². The van der Waals surface area contributed by atoms with Crippen LogP contribution in [0.4, 0.5) is 10.1 Å². The summed E-state index contributed by atoms with van der Waals surface area (Å²) in [5.74, 6) is -2.99. The molecule has 0 radical (unpaired) electrons. The molecule has 1 aromatic carbocycles. The molecule has 0 saturated carbocycles. The molecule has 0 aromatic heterocycles. The summed E-state index contributed by atoms with van der Waals surface area (Å²) in [6, 6.07) is 1.85. The van der Waals surface area contributed by atoms with Gasteiger partial charge in [0.1, 0.15) is 12.4 Å². The summed E-state index contributed by atoms with van der Waals surface area (Å²) < 4.78 is 14.0. The number of hydrogen-bond acceptors (Lipinski definition) is 4. The Hall–Kier alpha value is -2.51. The van der Waals surface area contributed by atoms with Crippen molar-refractivity contribution in [2.45, 2.75) is 20.3 Å². The lowest BCUT2D eigenvalue weighted by atomic mass is 10.1. The first-order chi connectivity index (χ1) is 9.77. The molecule has 7 nitrogen and oxygen atoms in total. The van der Waals surface area contributed by atoms with E-state index in [1.54, 1.807) is 6.92 Å². The molecule has 0 spiro atoms. The van der Waals surface area contributed by atoms with Gasteiger partial charge in [-0.3, -0.25) is 19.7 Å². The van der Waals surface area contributed by atoms with E-state index in [9.17, 15) is 24.1 Å². The lowest BCUT2D eigenvalue weighted by Gasteiger charge is -2.20. The minimum absolute atomic E-state index is 0.0423. The van der Waals surface area contributed by atoms with E-state index in [0.717, 1.165) is 17.0 Å². The van der Waals surface area contributed by atoms with Crippen LogP contribution < -0.4 is 0 Å². The maximum absolute atomic E-state index is 14.0. The number of halogens is 1. The Labute approximate surface area is 120 Å². The summed E-state index contributed by atoms with van der Waals surface area (Å²) in [4.78, 5) is 34.0. The number of carboxylic acids is 1. The number of nitro groups is 1. The summed E-state index contributed by atoms with van der Waals surface area (Å²) >= 11 is 0. The number of amides is 1. The van der Waals surface area contributed by atoms with Crippen molar-refractivity contribution in [2.24, 2.45) is 0 Å². The van der Waals surface area contributed by atoms with Crippen LogP contribution in [0.3, 0.4) is 0 Å². The summed E-state index contributed by atoms with van der Waals surface area (Å²) in [6.07, 6.45) is 0.481. The second-order valence-corrected chi connectivity index (χ2v) is 4.50. The number of aryl methyl sites for hydroxylation is 1. The molecule has 21 heavy (non-hydrogen) atoms. The molecule has 0 aliphatic rings. The highest BCUT2D eigenvalue weighted by Gasteiger charge is 2.24. The fraction of sp³-hybridized carbons (Fsp3) is 0.385. The number of rotatable bonds is 6. The average molecular weight is 298 g/mol. The van der Waals surface area contributed by atoms with Gasteiger partial charge >= 0.3 is 5.97 Å². The van der Waals surface area contributed by atoms with Crippen molar-refractivity contribution in [3.63, 3.8) is 0 Å². The molecular formula is C13H15FN2O5. The fourth-order valence-corrected chi connectivity index (χ4v) is 1.87. The van der Waals surface area contributed by atoms with Gasteiger partial charge in [-0.1, -0.05) is 6.92 Å². The van der Waals surface area contributed by atoms with Gasteiger partial charge in [0.2, 0.25) is 0 Å². The van der Waals surface area contributed by atoms with Crippen LogP contribution in [0.25, 0.3) is 0 Å². The van der Waals surface area contributed by atoms with Crippen molar-refractivity contribution < 1.29 is 24.0 Å². The van der Waals surface area contributed by atoms with E-state index in [1.165, 1.54) is 6.92 Å². The summed E-state index contributed by atoms with van der Waals surface area (Å²) in [5, 5.41) is 19.6. The van der Waals surface area contributed by atoms with Gasteiger partial charge in [-0.05, 0) is 18.9 Å². The highest BCUT2D eigenvalue weighted by atomic mass is 19.1. The van der Waals surface area contributed by atoms with Crippen molar-refractivity contribution in [1.82, 2.24) is 4.90 Å². The first-order valence-electron chi connectivity index (χ1n) is 6.23. The van der Waals surface area contributed by atoms with Gasteiger partial charge in [0, 0.05) is 18.7 Å². The highest BCUT2D eigenvalue weighted by molar-refractivity contribution is 5.96. The minimum atomic E-state index is -1.24. The molecule has 114 valence electrons. The van der Waals surface area contributed by atoms with Crippen LogP contribution in [0.1, 0.15) is 29.3 Å². The van der Waals surface area contributed by atoms with Crippen LogP contribution in [-0.2, 0) is 4.79 Å². The number of carbonyl (C=O) groups is 2. The maximum atomic E-state index is 14.0. The number of benzene rings is 1. The molecule has 0 aliphatic heterocycles. The highest BCUT2D eigenvalue weighted by Crippen LogP contribution is 2.22. The Morgan fingerprint density at radius 2 is 2.05 bits per heavy atom. The summed E-state index contributed by atoms with van der Waals surface area (Å²) in [6.45, 7) is 2.57. The van der Waals surface area contributed by atoms with Crippen LogP contribution >= 0.6 is 0 Å². The molecule has 1 N–H and O–H groups in total. The van der Waals surface area contributed by atoms with Gasteiger partial charge in [0.15, 0.2) is 0 Å². The fourth-order valence-electron chi connectivity index (χ4n) is 1.87. The third-order valence-corrected chi connectivity index (χ3v) is 2.79. The van der Waals surface area contributed by atoms with Crippen molar-refractivity contribution >= 4 is 17.6 Å². The zero-order valence-electron chi connectivity index (χ0n) is 11.6. The standard InChI is InChI=1S/C13H15FN2O5/c1-3-4-15(7-11(17)18)13(19)10-6-9(16(20)21)5-8(2)12(10)14/h5-6H,3-4,7H2,1-2H3,(H,17,18). The van der Waals surface area contributed by atoms with Gasteiger partial charge in [0.25, 0.3) is 11.6 Å². The number of nitro benzene ring substituents is 1. The molecule has 0 heterocycles. The van der Waals surface area contributed by atoms with E-state index in [0.29, 0.717) is 6.42 Å². The van der Waals surface area contributed by atoms with Gasteiger partial charge in [-0.2, -0.15) is 0 Å². The molecule has 0 saturated heterocycles. The zero-order chi connectivity index (χ0) is 16.2. The van der Waals surface area contributed by atoms with Crippen molar-refractivity contribution in [3.05, 3.63) is 39.2 Å². The van der Waals surface area contributed by atoms with E-state index in [4.69, 9.17) is 5.11 Å². The number of carbonyl (C=O) groups excluding carboxylic acids is 1. The largest absolute Gasteiger partial charge is 0.480 e. The smallest absolute Gasteiger partial charge is 0.323 e. The van der Waals surface area contributed by atoms with Gasteiger partial charge in [0.05, 0.1) is 10.5 Å². The van der Waals surface area contributed by atoms with Crippen LogP contribution in [0.5, 0.6) is 0 Å². The topological polar surface area (TPSA) is 101 Å². The predicted molar refractivity (Wildman–Crippen MR) is 71.6 cm³/mol. The molecule has 0 fully saturated rings. The first kappa shape index (κ1) is 16.5. The van der Waals surface area contributed by atoms with E-state index < -0.39 is 40.4 Å². The molecule has 1 aromatic rings. The van der Waals surface area contributed by atoms with Crippen LogP contribution in [-0.4, -0.2) is 39.9 Å². The molecule has 0 bridgehead atoms. The lowest BCUT2D eigenvalue weighted by Crippen LogP contribution is -2.36. The molecule has 1 rings (SSSR count). The Morgan fingerprint density at radius 1 is 1.43 bits per heavy atom. The zero-order valence-corrected chi connectivity index (χ0v) is 11.6. The SMILES string of the molecule is CCCN(CC(=O)O)C(=O)c1cc([N+](=O)[O-])cc(C)c1F. The monoisotopic (exact) mass is 298 g/mol. The Kier molecular flexibility index (Phi) is 5.34. The summed E-state index contributed by atoms with van der Waals surface area (Å²) in [5.41, 5.74) is -0.945. The molecular weight excluding hydrogens is 283 g/mol. The Balaban J connectivity index is 3.26. The Morgan fingerprint density at radius 3 is 2.52 bits per heavy atom. The van der Waals surface area contributed by atoms with E-state index in [-0.39, 0.29) is 12.1 Å². The maximum Gasteiger partial charge on any atom is 0.323 e. The number of nitrogens with zero attached hydrogens (tertiary/aromatic N) is 2. The second-order valence-electron chi connectivity index (χ2n) is 4.50. The first-order valence-corrected chi connectivity index (χ1v) is 6.23. The van der Waals surface area contributed by atoms with Gasteiger partial charge in [-0.15, -0.1) is 0 Å². The number of hydrogen-bond donors (Lipinski definition) is 1. The van der Waals surface area contributed by atoms with E-state index in [2.05, 4.69) is 0 Å². The van der Waals surface area contributed by atoms with E-state index in [1.807, 2.05) is 0 Å². The summed E-state index contributed by atoms with van der Waals surface area (Å²) in [7, 11) is 0. The quantitative estimate of drug-likeness (QED) is 0.639. The number of aliphatic carboxylic acids is 1. The van der Waals surface area contributed by atoms with Crippen molar-refractivity contribution in [3.8, 4) is 0 Å². The van der Waals surface area contributed by atoms with E-state index >= 15 is 0 Å². The van der Waals surface area contributed by atoms with Gasteiger partial charge in [-0.25, -0.2) is 4.39 Å². The molecule has 0 unspecified atom stereocenters. The lowest BCUT2D eigenvalue weighted by molar-refractivity contribution is -0.385. The normalized spacial score (nSPS) is 10.2. The van der Waals surface area contributed by atoms with Crippen molar-refractivity contribution in [1.29, 1.82) is 0 Å². The molecule has 1 amide bonds. The third-order valence-electron chi connectivity index (χ3n) is 2.79. The number of non-ortho nitro benzene ring substituents is 1. The van der Waals surface area contributed by atoms with Crippen LogP contribution in [0.15, 0.2) is 12.1 Å². The van der Waals surface area contributed by atoms with Gasteiger partial charge < -0.3 is 10.0 Å². The molecule has 0 atom stereocenters.